The van der Waals surface area contributed by atoms with Gasteiger partial charge in [0, 0.05) is 44.1 Å². The molecule has 2 heterocycles. The van der Waals surface area contributed by atoms with E-state index in [1.54, 1.807) is 4.88 Å². The molecule has 2 aliphatic rings. The molecule has 1 aliphatic carbocycles. The monoisotopic (exact) mass is 306 g/mol. The number of aliphatic imine (C=N–C) groups is 1. The van der Waals surface area contributed by atoms with Gasteiger partial charge in [-0.05, 0) is 36.3 Å². The molecule has 1 aliphatic heterocycles. The third kappa shape index (κ3) is 3.98. The Morgan fingerprint density at radius 3 is 3.10 bits per heavy atom. The quantitative estimate of drug-likeness (QED) is 0.662. The molecule has 0 bridgehead atoms. The van der Waals surface area contributed by atoms with Crippen LogP contribution >= 0.6 is 11.3 Å². The highest BCUT2D eigenvalue weighted by Gasteiger charge is 2.18. The SMILES string of the molecule is CN=C(NCCN1CCc2sccc2C1)NC1CCCC1. The Balaban J connectivity index is 1.39. The molecule has 3 rings (SSSR count). The molecular weight excluding hydrogens is 280 g/mol. The number of thiophene rings is 1. The van der Waals surface area contributed by atoms with Crippen LogP contribution < -0.4 is 10.6 Å². The van der Waals surface area contributed by atoms with Crippen molar-refractivity contribution < 1.29 is 0 Å². The molecule has 116 valence electrons. The van der Waals surface area contributed by atoms with Crippen molar-refractivity contribution in [3.8, 4) is 0 Å². The van der Waals surface area contributed by atoms with E-state index in [9.17, 15) is 0 Å². The van der Waals surface area contributed by atoms with Gasteiger partial charge in [0.15, 0.2) is 5.96 Å². The fourth-order valence-electron chi connectivity index (χ4n) is 3.29. The van der Waals surface area contributed by atoms with Crippen molar-refractivity contribution in [2.45, 2.75) is 44.7 Å². The molecule has 0 amide bonds. The van der Waals surface area contributed by atoms with Crippen LogP contribution in [0.1, 0.15) is 36.1 Å². The molecule has 1 saturated carbocycles. The molecule has 2 N–H and O–H groups in total. The van der Waals surface area contributed by atoms with Crippen LogP contribution in [0.15, 0.2) is 16.4 Å². The summed E-state index contributed by atoms with van der Waals surface area (Å²) < 4.78 is 0. The van der Waals surface area contributed by atoms with Crippen molar-refractivity contribution >= 4 is 17.3 Å². The van der Waals surface area contributed by atoms with Crippen LogP contribution in [0.4, 0.5) is 0 Å². The number of nitrogens with zero attached hydrogens (tertiary/aromatic N) is 2. The molecule has 1 fully saturated rings. The van der Waals surface area contributed by atoms with Gasteiger partial charge in [-0.2, -0.15) is 0 Å². The zero-order valence-corrected chi connectivity index (χ0v) is 13.7. The molecule has 1 aromatic rings. The van der Waals surface area contributed by atoms with Crippen LogP contribution in [-0.2, 0) is 13.0 Å². The fraction of sp³-hybridized carbons (Fsp3) is 0.688. The summed E-state index contributed by atoms with van der Waals surface area (Å²) in [4.78, 5) is 8.45. The first-order valence-electron chi connectivity index (χ1n) is 8.10. The van der Waals surface area contributed by atoms with Crippen LogP contribution in [0, 0.1) is 0 Å². The average Bonchev–Trinajstić information content (AvgIpc) is 3.16. The lowest BCUT2D eigenvalue weighted by atomic mass is 10.1. The zero-order valence-electron chi connectivity index (χ0n) is 12.9. The maximum absolute atomic E-state index is 4.34. The maximum Gasteiger partial charge on any atom is 0.191 e. The molecule has 4 nitrogen and oxygen atoms in total. The predicted molar refractivity (Wildman–Crippen MR) is 90.1 cm³/mol. The molecule has 0 aromatic carbocycles. The zero-order chi connectivity index (χ0) is 14.5. The minimum absolute atomic E-state index is 0.625. The van der Waals surface area contributed by atoms with E-state index >= 15 is 0 Å². The standard InChI is InChI=1S/C16H26N4S/c1-17-16(19-14-4-2-3-5-14)18-8-10-20-9-6-15-13(12-20)7-11-21-15/h7,11,14H,2-6,8-10,12H2,1H3,(H2,17,18,19). The first-order chi connectivity index (χ1) is 10.3. The van der Waals surface area contributed by atoms with E-state index in [0.29, 0.717) is 6.04 Å². The third-order valence-electron chi connectivity index (χ3n) is 4.53. The highest BCUT2D eigenvalue weighted by Crippen LogP contribution is 2.23. The number of guanidine groups is 1. The van der Waals surface area contributed by atoms with Crippen LogP contribution in [0.5, 0.6) is 0 Å². The molecule has 0 unspecified atom stereocenters. The van der Waals surface area contributed by atoms with Crippen LogP contribution in [0.2, 0.25) is 0 Å². The van der Waals surface area contributed by atoms with E-state index in [-0.39, 0.29) is 0 Å². The van der Waals surface area contributed by atoms with E-state index in [1.807, 2.05) is 18.4 Å². The summed E-state index contributed by atoms with van der Waals surface area (Å²) in [7, 11) is 1.86. The van der Waals surface area contributed by atoms with Crippen molar-refractivity contribution in [2.24, 2.45) is 4.99 Å². The van der Waals surface area contributed by atoms with Gasteiger partial charge in [-0.3, -0.25) is 9.89 Å². The topological polar surface area (TPSA) is 39.7 Å². The number of hydrogen-bond donors (Lipinski definition) is 2. The van der Waals surface area contributed by atoms with Gasteiger partial charge < -0.3 is 10.6 Å². The van der Waals surface area contributed by atoms with Gasteiger partial charge in [-0.1, -0.05) is 12.8 Å². The molecular formula is C16H26N4S. The summed E-state index contributed by atoms with van der Waals surface area (Å²) >= 11 is 1.91. The smallest absolute Gasteiger partial charge is 0.191 e. The number of hydrogen-bond acceptors (Lipinski definition) is 3. The summed E-state index contributed by atoms with van der Waals surface area (Å²) in [5, 5.41) is 9.22. The van der Waals surface area contributed by atoms with E-state index in [1.165, 1.54) is 44.2 Å². The highest BCUT2D eigenvalue weighted by atomic mass is 32.1. The minimum atomic E-state index is 0.625. The molecule has 1 aromatic heterocycles. The first-order valence-corrected chi connectivity index (χ1v) is 8.98. The molecule has 0 radical (unpaired) electrons. The van der Waals surface area contributed by atoms with Crippen molar-refractivity contribution in [2.75, 3.05) is 26.7 Å². The lowest BCUT2D eigenvalue weighted by molar-refractivity contribution is 0.260. The van der Waals surface area contributed by atoms with Gasteiger partial charge in [0.2, 0.25) is 0 Å². The molecule has 0 atom stereocenters. The van der Waals surface area contributed by atoms with Crippen molar-refractivity contribution in [3.63, 3.8) is 0 Å². The average molecular weight is 306 g/mol. The molecule has 5 heteroatoms. The summed E-state index contributed by atoms with van der Waals surface area (Å²) in [6.07, 6.45) is 6.49. The van der Waals surface area contributed by atoms with E-state index < -0.39 is 0 Å². The maximum atomic E-state index is 4.34. The Morgan fingerprint density at radius 1 is 1.43 bits per heavy atom. The predicted octanol–water partition coefficient (Wildman–Crippen LogP) is 2.21. The van der Waals surface area contributed by atoms with Gasteiger partial charge in [-0.15, -0.1) is 11.3 Å². The fourth-order valence-corrected chi connectivity index (χ4v) is 4.18. The van der Waals surface area contributed by atoms with E-state index in [2.05, 4.69) is 32.0 Å². The van der Waals surface area contributed by atoms with Crippen molar-refractivity contribution in [1.82, 2.24) is 15.5 Å². The number of rotatable bonds is 4. The molecule has 0 spiro atoms. The molecule has 21 heavy (non-hydrogen) atoms. The Kier molecular flexibility index (Phi) is 5.14. The Morgan fingerprint density at radius 2 is 2.29 bits per heavy atom. The first kappa shape index (κ1) is 14.9. The summed E-state index contributed by atoms with van der Waals surface area (Å²) in [6, 6.07) is 2.90. The van der Waals surface area contributed by atoms with Crippen LogP contribution in [0.25, 0.3) is 0 Å². The Labute approximate surface area is 131 Å². The summed E-state index contributed by atoms with van der Waals surface area (Å²) in [6.45, 7) is 4.34. The van der Waals surface area contributed by atoms with Gasteiger partial charge in [-0.25, -0.2) is 0 Å². The second-order valence-corrected chi connectivity index (χ2v) is 7.02. The van der Waals surface area contributed by atoms with Crippen molar-refractivity contribution in [3.05, 3.63) is 21.9 Å². The lowest BCUT2D eigenvalue weighted by Crippen LogP contribution is -2.45. The minimum Gasteiger partial charge on any atom is -0.355 e. The second-order valence-electron chi connectivity index (χ2n) is 6.02. The normalized spacial score (nSPS) is 20.5. The van der Waals surface area contributed by atoms with Crippen molar-refractivity contribution in [1.29, 1.82) is 0 Å². The Hall–Kier alpha value is -1.07. The largest absolute Gasteiger partial charge is 0.355 e. The third-order valence-corrected chi connectivity index (χ3v) is 5.55. The molecule has 0 saturated heterocycles. The van der Waals surface area contributed by atoms with Gasteiger partial charge in [0.05, 0.1) is 0 Å². The number of fused-ring (bicyclic) bond motifs is 1. The number of nitrogens with one attached hydrogen (secondary N) is 2. The van der Waals surface area contributed by atoms with Crippen LogP contribution in [-0.4, -0.2) is 43.6 Å². The summed E-state index contributed by atoms with van der Waals surface area (Å²) in [5.74, 6) is 0.968. The van der Waals surface area contributed by atoms with Gasteiger partial charge in [0.1, 0.15) is 0 Å². The highest BCUT2D eigenvalue weighted by molar-refractivity contribution is 7.10. The van der Waals surface area contributed by atoms with Crippen LogP contribution in [0.3, 0.4) is 0 Å². The Bertz CT molecular complexity index is 476. The lowest BCUT2D eigenvalue weighted by Gasteiger charge is -2.27. The summed E-state index contributed by atoms with van der Waals surface area (Å²) in [5.41, 5.74) is 1.53. The van der Waals surface area contributed by atoms with E-state index in [4.69, 9.17) is 0 Å². The second kappa shape index (κ2) is 7.27. The van der Waals surface area contributed by atoms with Gasteiger partial charge in [0.25, 0.3) is 0 Å². The van der Waals surface area contributed by atoms with Gasteiger partial charge >= 0.3 is 0 Å². The van der Waals surface area contributed by atoms with E-state index in [0.717, 1.165) is 25.6 Å².